The average Bonchev–Trinajstić information content (AvgIpc) is 2.38. The first-order valence-electron chi connectivity index (χ1n) is 6.60. The molecule has 1 atom stereocenters. The summed E-state index contributed by atoms with van der Waals surface area (Å²) in [4.78, 5) is 0. The zero-order chi connectivity index (χ0) is 13.2. The van der Waals surface area contributed by atoms with Gasteiger partial charge in [-0.15, -0.1) is 0 Å². The number of nitrogens with one attached hydrogen (secondary N) is 1. The van der Waals surface area contributed by atoms with E-state index >= 15 is 0 Å². The maximum absolute atomic E-state index is 9.38. The van der Waals surface area contributed by atoms with Crippen molar-refractivity contribution in [3.8, 4) is 0 Å². The van der Waals surface area contributed by atoms with Gasteiger partial charge in [0, 0.05) is 0 Å². The molecular weight excluding hydrogens is 227 g/mol. The molecule has 0 bridgehead atoms. The molecule has 18 heavy (non-hydrogen) atoms. The van der Waals surface area contributed by atoms with E-state index in [2.05, 4.69) is 5.32 Å². The van der Waals surface area contributed by atoms with Gasteiger partial charge in [0.15, 0.2) is 0 Å². The standard InChI is InChI=1S/C13H23BN2O2/c15-10-6-1-2-7-11-16-13(14(17)18)12-8-4-3-5-9-12/h3-5,8-9,13,16-18H,1-2,6-7,10-11,15H2. The van der Waals surface area contributed by atoms with Gasteiger partial charge in [-0.25, -0.2) is 0 Å². The molecule has 1 unspecified atom stereocenters. The summed E-state index contributed by atoms with van der Waals surface area (Å²) in [5.41, 5.74) is 6.32. The SMILES string of the molecule is NCCCCCCNC(B(O)O)c1ccccc1. The van der Waals surface area contributed by atoms with Crippen LogP contribution in [0.4, 0.5) is 0 Å². The van der Waals surface area contributed by atoms with E-state index in [1.165, 1.54) is 0 Å². The second kappa shape index (κ2) is 9.11. The van der Waals surface area contributed by atoms with Crippen LogP contribution in [-0.4, -0.2) is 30.3 Å². The highest BCUT2D eigenvalue weighted by atomic mass is 16.4. The minimum absolute atomic E-state index is 0.416. The zero-order valence-corrected chi connectivity index (χ0v) is 10.8. The lowest BCUT2D eigenvalue weighted by Gasteiger charge is -2.18. The van der Waals surface area contributed by atoms with Crippen LogP contribution in [-0.2, 0) is 0 Å². The van der Waals surface area contributed by atoms with Gasteiger partial charge in [0.1, 0.15) is 0 Å². The molecule has 0 aliphatic rings. The highest BCUT2D eigenvalue weighted by molar-refractivity contribution is 6.43. The second-order valence-electron chi connectivity index (χ2n) is 4.46. The van der Waals surface area contributed by atoms with Gasteiger partial charge in [-0.1, -0.05) is 43.2 Å². The summed E-state index contributed by atoms with van der Waals surface area (Å²) in [7, 11) is -1.38. The molecule has 0 radical (unpaired) electrons. The van der Waals surface area contributed by atoms with Crippen LogP contribution >= 0.6 is 0 Å². The van der Waals surface area contributed by atoms with Crippen molar-refractivity contribution in [2.75, 3.05) is 13.1 Å². The Labute approximate surface area is 109 Å². The number of nitrogens with two attached hydrogens (primary N) is 1. The van der Waals surface area contributed by atoms with Crippen molar-refractivity contribution < 1.29 is 10.0 Å². The van der Waals surface area contributed by atoms with E-state index in [9.17, 15) is 10.0 Å². The Morgan fingerprint density at radius 1 is 1.06 bits per heavy atom. The fourth-order valence-electron chi connectivity index (χ4n) is 1.94. The fraction of sp³-hybridized carbons (Fsp3) is 0.538. The first-order valence-corrected chi connectivity index (χ1v) is 6.60. The minimum atomic E-state index is -1.38. The largest absolute Gasteiger partial charge is 0.474 e. The summed E-state index contributed by atoms with van der Waals surface area (Å²) in [5, 5.41) is 21.9. The molecule has 1 aromatic carbocycles. The Hall–Kier alpha value is -0.875. The molecule has 1 aromatic rings. The van der Waals surface area contributed by atoms with E-state index in [0.29, 0.717) is 0 Å². The fourth-order valence-corrected chi connectivity index (χ4v) is 1.94. The molecular formula is C13H23BN2O2. The highest BCUT2D eigenvalue weighted by Gasteiger charge is 2.23. The van der Waals surface area contributed by atoms with Gasteiger partial charge in [0.05, 0.1) is 5.94 Å². The van der Waals surface area contributed by atoms with E-state index in [1.807, 2.05) is 30.3 Å². The Bertz CT molecular complexity index is 309. The summed E-state index contributed by atoms with van der Waals surface area (Å²) in [6.07, 6.45) is 4.34. The molecule has 0 saturated carbocycles. The van der Waals surface area contributed by atoms with Crippen LogP contribution in [0.15, 0.2) is 30.3 Å². The lowest BCUT2D eigenvalue weighted by Crippen LogP contribution is -2.36. The van der Waals surface area contributed by atoms with Crippen molar-refractivity contribution >= 4 is 7.12 Å². The van der Waals surface area contributed by atoms with Crippen molar-refractivity contribution in [3.05, 3.63) is 35.9 Å². The van der Waals surface area contributed by atoms with Crippen LogP contribution in [0.3, 0.4) is 0 Å². The van der Waals surface area contributed by atoms with Gasteiger partial charge < -0.3 is 21.1 Å². The van der Waals surface area contributed by atoms with Crippen molar-refractivity contribution in [2.45, 2.75) is 31.6 Å². The Kier molecular flexibility index (Phi) is 7.68. The maximum atomic E-state index is 9.38. The number of hydrogen-bond acceptors (Lipinski definition) is 4. The van der Waals surface area contributed by atoms with Gasteiger partial charge in [-0.05, 0) is 31.5 Å². The monoisotopic (exact) mass is 250 g/mol. The van der Waals surface area contributed by atoms with Crippen molar-refractivity contribution in [3.63, 3.8) is 0 Å². The zero-order valence-electron chi connectivity index (χ0n) is 10.8. The molecule has 0 fully saturated rings. The molecule has 0 amide bonds. The van der Waals surface area contributed by atoms with Gasteiger partial charge in [-0.2, -0.15) is 0 Å². The summed E-state index contributed by atoms with van der Waals surface area (Å²) >= 11 is 0. The summed E-state index contributed by atoms with van der Waals surface area (Å²) in [6, 6.07) is 9.50. The van der Waals surface area contributed by atoms with Crippen molar-refractivity contribution in [2.24, 2.45) is 5.73 Å². The van der Waals surface area contributed by atoms with E-state index in [1.54, 1.807) is 0 Å². The summed E-state index contributed by atoms with van der Waals surface area (Å²) < 4.78 is 0. The third-order valence-corrected chi connectivity index (χ3v) is 2.95. The Morgan fingerprint density at radius 2 is 1.72 bits per heavy atom. The molecule has 0 heterocycles. The van der Waals surface area contributed by atoms with E-state index in [-0.39, 0.29) is 0 Å². The third kappa shape index (κ3) is 5.64. The molecule has 0 aliphatic carbocycles. The molecule has 0 spiro atoms. The van der Waals surface area contributed by atoms with Crippen LogP contribution < -0.4 is 11.1 Å². The molecule has 5 N–H and O–H groups in total. The predicted molar refractivity (Wildman–Crippen MR) is 74.9 cm³/mol. The highest BCUT2D eigenvalue weighted by Crippen LogP contribution is 2.13. The average molecular weight is 250 g/mol. The number of rotatable bonds is 9. The van der Waals surface area contributed by atoms with Gasteiger partial charge in [0.2, 0.25) is 0 Å². The van der Waals surface area contributed by atoms with Crippen LogP contribution in [0, 0.1) is 0 Å². The second-order valence-corrected chi connectivity index (χ2v) is 4.46. The van der Waals surface area contributed by atoms with Gasteiger partial charge in [0.25, 0.3) is 0 Å². The van der Waals surface area contributed by atoms with E-state index in [0.717, 1.165) is 44.3 Å². The molecule has 5 heteroatoms. The molecule has 4 nitrogen and oxygen atoms in total. The summed E-state index contributed by atoms with van der Waals surface area (Å²) in [6.45, 7) is 1.52. The Morgan fingerprint density at radius 3 is 2.33 bits per heavy atom. The third-order valence-electron chi connectivity index (χ3n) is 2.95. The quantitative estimate of drug-likeness (QED) is 0.387. The smallest absolute Gasteiger partial charge is 0.426 e. The van der Waals surface area contributed by atoms with Crippen LogP contribution in [0.5, 0.6) is 0 Å². The first kappa shape index (κ1) is 15.2. The topological polar surface area (TPSA) is 78.5 Å². The van der Waals surface area contributed by atoms with Crippen LogP contribution in [0.1, 0.15) is 37.2 Å². The van der Waals surface area contributed by atoms with Crippen LogP contribution in [0.2, 0.25) is 0 Å². The minimum Gasteiger partial charge on any atom is -0.426 e. The molecule has 0 saturated heterocycles. The van der Waals surface area contributed by atoms with Gasteiger partial charge >= 0.3 is 7.12 Å². The number of hydrogen-bond donors (Lipinski definition) is 4. The molecule has 0 aliphatic heterocycles. The van der Waals surface area contributed by atoms with E-state index in [4.69, 9.17) is 5.73 Å². The Balaban J connectivity index is 2.31. The van der Waals surface area contributed by atoms with Gasteiger partial charge in [-0.3, -0.25) is 0 Å². The lowest BCUT2D eigenvalue weighted by molar-refractivity contribution is 0.370. The normalized spacial score (nSPS) is 12.4. The molecule has 1 rings (SSSR count). The van der Waals surface area contributed by atoms with Crippen molar-refractivity contribution in [1.29, 1.82) is 0 Å². The maximum Gasteiger partial charge on any atom is 0.474 e. The number of benzene rings is 1. The predicted octanol–water partition coefficient (Wildman–Crippen LogP) is 0.848. The van der Waals surface area contributed by atoms with Crippen molar-refractivity contribution in [1.82, 2.24) is 5.32 Å². The van der Waals surface area contributed by atoms with Crippen LogP contribution in [0.25, 0.3) is 0 Å². The molecule has 0 aromatic heterocycles. The number of unbranched alkanes of at least 4 members (excludes halogenated alkanes) is 3. The summed E-state index contributed by atoms with van der Waals surface area (Å²) in [5.74, 6) is -0.416. The lowest BCUT2D eigenvalue weighted by atomic mass is 9.75. The molecule has 100 valence electrons. The first-order chi connectivity index (χ1) is 8.75. The van der Waals surface area contributed by atoms with E-state index < -0.39 is 13.1 Å².